The molecular formula is C11H5F6NO2S. The molecule has 0 N–H and O–H groups in total. The molecule has 0 unspecified atom stereocenters. The van der Waals surface area contributed by atoms with E-state index >= 15 is 0 Å². The van der Waals surface area contributed by atoms with Gasteiger partial charge in [0.15, 0.2) is 0 Å². The fourth-order valence-electron chi connectivity index (χ4n) is 1.48. The van der Waals surface area contributed by atoms with Gasteiger partial charge in [-0.05, 0) is 23.9 Å². The van der Waals surface area contributed by atoms with E-state index in [9.17, 15) is 31.1 Å². The minimum Gasteiger partial charge on any atom is -0.465 e. The number of hydrogen-bond acceptors (Lipinski definition) is 4. The van der Waals surface area contributed by atoms with E-state index < -0.39 is 51.0 Å². The molecule has 0 bridgehead atoms. The van der Waals surface area contributed by atoms with E-state index in [1.807, 2.05) is 0 Å². The van der Waals surface area contributed by atoms with Crippen LogP contribution in [0.2, 0.25) is 0 Å². The van der Waals surface area contributed by atoms with Crippen LogP contribution in [-0.2, 0) is 10.9 Å². The number of rotatable bonds is 2. The number of carbonyl (C=O) groups is 1. The molecule has 0 aliphatic rings. The molecule has 21 heavy (non-hydrogen) atoms. The highest BCUT2D eigenvalue weighted by Crippen LogP contribution is 2.45. The first-order chi connectivity index (χ1) is 9.51. The second-order valence-corrected chi connectivity index (χ2v) is 4.62. The van der Waals surface area contributed by atoms with Gasteiger partial charge in [-0.15, -0.1) is 0 Å². The van der Waals surface area contributed by atoms with Crippen molar-refractivity contribution in [3.05, 3.63) is 28.8 Å². The van der Waals surface area contributed by atoms with Crippen molar-refractivity contribution in [2.75, 3.05) is 7.11 Å². The number of carbonyl (C=O) groups excluding carboxylic acids is 1. The van der Waals surface area contributed by atoms with Gasteiger partial charge in [-0.1, -0.05) is 0 Å². The van der Waals surface area contributed by atoms with E-state index in [4.69, 9.17) is 5.26 Å². The smallest absolute Gasteiger partial charge is 0.446 e. The number of hydrogen-bond donors (Lipinski definition) is 0. The molecule has 0 heterocycles. The van der Waals surface area contributed by atoms with Crippen LogP contribution in [-0.4, -0.2) is 18.6 Å². The summed E-state index contributed by atoms with van der Waals surface area (Å²) in [7, 11) is 0.757. The zero-order chi connectivity index (χ0) is 16.4. The van der Waals surface area contributed by atoms with Crippen molar-refractivity contribution in [1.29, 1.82) is 5.26 Å². The van der Waals surface area contributed by atoms with Gasteiger partial charge < -0.3 is 4.74 Å². The summed E-state index contributed by atoms with van der Waals surface area (Å²) in [6.45, 7) is 0. The maximum absolute atomic E-state index is 13.0. The molecule has 0 aromatic heterocycles. The summed E-state index contributed by atoms with van der Waals surface area (Å²) in [5.74, 6) is -1.54. The summed E-state index contributed by atoms with van der Waals surface area (Å²) < 4.78 is 80.1. The molecule has 3 nitrogen and oxygen atoms in total. The number of thioether (sulfide) groups is 1. The summed E-state index contributed by atoms with van der Waals surface area (Å²) in [4.78, 5) is 10.2. The molecule has 0 spiro atoms. The molecule has 0 radical (unpaired) electrons. The second-order valence-electron chi connectivity index (χ2n) is 3.51. The zero-order valence-electron chi connectivity index (χ0n) is 10.1. The van der Waals surface area contributed by atoms with Gasteiger partial charge in [0, 0.05) is 4.90 Å². The predicted molar refractivity (Wildman–Crippen MR) is 59.4 cm³/mol. The van der Waals surface area contributed by atoms with Crippen molar-refractivity contribution in [3.63, 3.8) is 0 Å². The molecule has 0 saturated carbocycles. The van der Waals surface area contributed by atoms with Gasteiger partial charge in [-0.25, -0.2) is 4.79 Å². The lowest BCUT2D eigenvalue weighted by atomic mass is 10.0. The van der Waals surface area contributed by atoms with Crippen LogP contribution >= 0.6 is 11.8 Å². The van der Waals surface area contributed by atoms with Crippen molar-refractivity contribution in [1.82, 2.24) is 0 Å². The number of esters is 1. The third-order valence-corrected chi connectivity index (χ3v) is 2.98. The van der Waals surface area contributed by atoms with Gasteiger partial charge in [0.1, 0.15) is 6.07 Å². The van der Waals surface area contributed by atoms with E-state index in [-0.39, 0.29) is 0 Å². The van der Waals surface area contributed by atoms with Crippen LogP contribution in [0.1, 0.15) is 21.5 Å². The molecule has 10 heteroatoms. The predicted octanol–water partition coefficient (Wildman–Crippen LogP) is 3.98. The second kappa shape index (κ2) is 5.85. The van der Waals surface area contributed by atoms with E-state index in [0.29, 0.717) is 12.1 Å². The van der Waals surface area contributed by atoms with Crippen LogP contribution in [0.3, 0.4) is 0 Å². The zero-order valence-corrected chi connectivity index (χ0v) is 10.9. The highest BCUT2D eigenvalue weighted by atomic mass is 32.2. The van der Waals surface area contributed by atoms with Crippen LogP contribution in [0.25, 0.3) is 0 Å². The number of nitrogens with zero attached hydrogens (tertiary/aromatic N) is 1. The topological polar surface area (TPSA) is 50.1 Å². The maximum Gasteiger partial charge on any atom is 0.446 e. The minimum atomic E-state index is -5.26. The summed E-state index contributed by atoms with van der Waals surface area (Å²) in [5, 5.41) is 8.72. The molecule has 1 aromatic carbocycles. The van der Waals surface area contributed by atoms with Crippen LogP contribution in [0.4, 0.5) is 26.3 Å². The Hall–Kier alpha value is -1.89. The number of alkyl halides is 6. The molecule has 0 saturated heterocycles. The third-order valence-electron chi connectivity index (χ3n) is 2.19. The van der Waals surface area contributed by atoms with Crippen molar-refractivity contribution in [3.8, 4) is 6.07 Å². The Morgan fingerprint density at radius 2 is 1.81 bits per heavy atom. The van der Waals surface area contributed by atoms with E-state index in [1.165, 1.54) is 6.07 Å². The van der Waals surface area contributed by atoms with Crippen LogP contribution in [0.5, 0.6) is 0 Å². The van der Waals surface area contributed by atoms with Gasteiger partial charge >= 0.3 is 17.7 Å². The Morgan fingerprint density at radius 1 is 1.24 bits per heavy atom. The first-order valence-corrected chi connectivity index (χ1v) is 5.81. The van der Waals surface area contributed by atoms with Crippen LogP contribution in [0, 0.1) is 11.3 Å². The molecule has 0 amide bonds. The normalized spacial score (nSPS) is 11.9. The first kappa shape index (κ1) is 17.2. The number of nitriles is 1. The Morgan fingerprint density at radius 3 is 2.19 bits per heavy atom. The SMILES string of the molecule is COC(=O)c1c(C#N)ccc(SC(F)(F)F)c1C(F)(F)F. The average Bonchev–Trinajstić information content (AvgIpc) is 2.33. The third kappa shape index (κ3) is 4.04. The summed E-state index contributed by atoms with van der Waals surface area (Å²) in [5.41, 5.74) is -8.78. The van der Waals surface area contributed by atoms with Gasteiger partial charge in [0.2, 0.25) is 0 Å². The van der Waals surface area contributed by atoms with Crippen molar-refractivity contribution < 1.29 is 35.9 Å². The molecule has 0 fully saturated rings. The van der Waals surface area contributed by atoms with Gasteiger partial charge in [0.05, 0.1) is 23.8 Å². The quantitative estimate of drug-likeness (QED) is 0.468. The van der Waals surface area contributed by atoms with E-state index in [1.54, 1.807) is 0 Å². The van der Waals surface area contributed by atoms with Crippen LogP contribution < -0.4 is 0 Å². The van der Waals surface area contributed by atoms with Crippen molar-refractivity contribution >= 4 is 17.7 Å². The lowest BCUT2D eigenvalue weighted by Gasteiger charge is -2.17. The Bertz CT molecular complexity index is 602. The summed E-state index contributed by atoms with van der Waals surface area (Å²) in [6, 6.07) is 2.52. The summed E-state index contributed by atoms with van der Waals surface area (Å²) in [6.07, 6.45) is -5.26. The molecule has 0 aliphatic carbocycles. The van der Waals surface area contributed by atoms with Gasteiger partial charge in [-0.3, -0.25) is 0 Å². The van der Waals surface area contributed by atoms with E-state index in [2.05, 4.69) is 4.74 Å². The standard InChI is InChI=1S/C11H5F6NO2S/c1-20-9(19)7-5(4-18)2-3-6(21-11(15,16)17)8(7)10(12,13)14/h2-3H,1H3. The Labute approximate surface area is 118 Å². The maximum atomic E-state index is 13.0. The van der Waals surface area contributed by atoms with Gasteiger partial charge in [-0.2, -0.15) is 31.6 Å². The Kier molecular flexibility index (Phi) is 4.78. The highest BCUT2D eigenvalue weighted by Gasteiger charge is 2.43. The summed E-state index contributed by atoms with van der Waals surface area (Å²) >= 11 is -1.02. The number of benzene rings is 1. The van der Waals surface area contributed by atoms with Crippen molar-refractivity contribution in [2.45, 2.75) is 16.6 Å². The van der Waals surface area contributed by atoms with Crippen LogP contribution in [0.15, 0.2) is 17.0 Å². The molecule has 114 valence electrons. The molecule has 0 atom stereocenters. The lowest BCUT2D eigenvalue weighted by Crippen LogP contribution is -2.18. The number of ether oxygens (including phenoxy) is 1. The highest BCUT2D eigenvalue weighted by molar-refractivity contribution is 8.00. The monoisotopic (exact) mass is 329 g/mol. The fourth-order valence-corrected chi connectivity index (χ4v) is 2.19. The Balaban J connectivity index is 3.70. The molecule has 1 rings (SSSR count). The lowest BCUT2D eigenvalue weighted by molar-refractivity contribution is -0.140. The van der Waals surface area contributed by atoms with Crippen molar-refractivity contribution in [2.24, 2.45) is 0 Å². The fraction of sp³-hybridized carbons (Fsp3) is 0.273. The first-order valence-electron chi connectivity index (χ1n) is 4.99. The minimum absolute atomic E-state index is 0.492. The van der Waals surface area contributed by atoms with E-state index in [0.717, 1.165) is 7.11 Å². The number of halogens is 6. The molecule has 0 aliphatic heterocycles. The molecule has 1 aromatic rings. The molecular weight excluding hydrogens is 324 g/mol. The largest absolute Gasteiger partial charge is 0.465 e. The average molecular weight is 329 g/mol. The van der Waals surface area contributed by atoms with Gasteiger partial charge in [0.25, 0.3) is 0 Å². The number of methoxy groups -OCH3 is 1.